The molecule has 2 rings (SSSR count). The summed E-state index contributed by atoms with van der Waals surface area (Å²) in [6.07, 6.45) is 5.21. The van der Waals surface area contributed by atoms with Crippen molar-refractivity contribution in [2.75, 3.05) is 0 Å². The topological polar surface area (TPSA) is 37.3 Å². The van der Waals surface area contributed by atoms with Crippen molar-refractivity contribution < 1.29 is 9.90 Å². The predicted molar refractivity (Wildman–Crippen MR) is 72.8 cm³/mol. The van der Waals surface area contributed by atoms with Crippen molar-refractivity contribution in [1.82, 2.24) is 0 Å². The summed E-state index contributed by atoms with van der Waals surface area (Å²) >= 11 is 0. The van der Waals surface area contributed by atoms with Crippen LogP contribution in [0.25, 0.3) is 0 Å². The van der Waals surface area contributed by atoms with Crippen LogP contribution in [0.1, 0.15) is 56.6 Å². The molecule has 0 spiro atoms. The maximum absolute atomic E-state index is 10.6. The minimum atomic E-state index is -0.762. The van der Waals surface area contributed by atoms with Gasteiger partial charge in [-0.15, -0.1) is 0 Å². The van der Waals surface area contributed by atoms with Gasteiger partial charge in [0.2, 0.25) is 0 Å². The lowest BCUT2D eigenvalue weighted by atomic mass is 9.71. The third kappa shape index (κ3) is 3.34. The van der Waals surface area contributed by atoms with E-state index in [4.69, 9.17) is 5.11 Å². The first-order valence-corrected chi connectivity index (χ1v) is 6.77. The first kappa shape index (κ1) is 13.1. The highest BCUT2D eigenvalue weighted by atomic mass is 16.4. The lowest BCUT2D eigenvalue weighted by Crippen LogP contribution is -2.20. The van der Waals surface area contributed by atoms with Crippen LogP contribution < -0.4 is 0 Å². The van der Waals surface area contributed by atoms with E-state index in [0.29, 0.717) is 11.3 Å². The van der Waals surface area contributed by atoms with Crippen LogP contribution in [-0.4, -0.2) is 11.1 Å². The van der Waals surface area contributed by atoms with Crippen LogP contribution in [-0.2, 0) is 11.2 Å². The Labute approximate surface area is 109 Å². The molecular weight excluding hydrogens is 224 g/mol. The molecule has 0 aliphatic heterocycles. The summed E-state index contributed by atoms with van der Waals surface area (Å²) in [5.41, 5.74) is 2.77. The van der Waals surface area contributed by atoms with Crippen molar-refractivity contribution in [2.24, 2.45) is 5.41 Å². The molecule has 1 fully saturated rings. The van der Waals surface area contributed by atoms with Gasteiger partial charge < -0.3 is 5.11 Å². The molecule has 0 bridgehead atoms. The van der Waals surface area contributed by atoms with E-state index in [2.05, 4.69) is 26.0 Å². The third-order valence-electron chi connectivity index (χ3n) is 4.15. The number of rotatable bonds is 3. The quantitative estimate of drug-likeness (QED) is 0.875. The second-order valence-electron chi connectivity index (χ2n) is 6.25. The third-order valence-corrected chi connectivity index (χ3v) is 4.15. The fourth-order valence-electron chi connectivity index (χ4n) is 2.81. The number of carboxylic acid groups (broad SMARTS) is 1. The van der Waals surface area contributed by atoms with Gasteiger partial charge >= 0.3 is 5.97 Å². The summed E-state index contributed by atoms with van der Waals surface area (Å²) in [6.45, 7) is 4.69. The summed E-state index contributed by atoms with van der Waals surface area (Å²) in [5.74, 6) is -0.0981. The number of aliphatic carboxylic acids is 1. The highest BCUT2D eigenvalue weighted by molar-refractivity contribution is 5.70. The Morgan fingerprint density at radius 3 is 2.28 bits per heavy atom. The highest BCUT2D eigenvalue weighted by Gasteiger charge is 2.27. The maximum Gasteiger partial charge on any atom is 0.307 e. The van der Waals surface area contributed by atoms with Gasteiger partial charge in [0.15, 0.2) is 0 Å². The van der Waals surface area contributed by atoms with Gasteiger partial charge in [0, 0.05) is 0 Å². The van der Waals surface area contributed by atoms with E-state index in [1.54, 1.807) is 0 Å². The Kier molecular flexibility index (Phi) is 3.74. The van der Waals surface area contributed by atoms with Gasteiger partial charge in [-0.05, 0) is 48.1 Å². The number of carbonyl (C=O) groups is 1. The van der Waals surface area contributed by atoms with Gasteiger partial charge in [-0.3, -0.25) is 4.79 Å². The van der Waals surface area contributed by atoms with E-state index in [1.165, 1.54) is 31.2 Å². The van der Waals surface area contributed by atoms with Crippen molar-refractivity contribution in [3.05, 3.63) is 35.4 Å². The fraction of sp³-hybridized carbons (Fsp3) is 0.562. The number of carboxylic acids is 1. The molecule has 1 aromatic carbocycles. The van der Waals surface area contributed by atoms with Gasteiger partial charge in [-0.1, -0.05) is 38.1 Å². The predicted octanol–water partition coefficient (Wildman–Crippen LogP) is 4.00. The molecule has 1 aliphatic rings. The Morgan fingerprint density at radius 2 is 1.78 bits per heavy atom. The lowest BCUT2D eigenvalue weighted by molar-refractivity contribution is -0.136. The summed E-state index contributed by atoms with van der Waals surface area (Å²) in [6, 6.07) is 8.15. The molecule has 2 heteroatoms. The second kappa shape index (κ2) is 5.13. The Bertz CT molecular complexity index is 407. The molecule has 0 atom stereocenters. The number of benzene rings is 1. The van der Waals surface area contributed by atoms with Crippen LogP contribution in [0.15, 0.2) is 24.3 Å². The summed E-state index contributed by atoms with van der Waals surface area (Å²) in [7, 11) is 0. The average molecular weight is 246 g/mol. The maximum atomic E-state index is 10.6. The Morgan fingerprint density at radius 1 is 1.22 bits per heavy atom. The van der Waals surface area contributed by atoms with E-state index in [0.717, 1.165) is 5.56 Å². The van der Waals surface area contributed by atoms with Crippen molar-refractivity contribution >= 4 is 5.97 Å². The van der Waals surface area contributed by atoms with E-state index in [1.807, 2.05) is 12.1 Å². The Balaban J connectivity index is 2.00. The molecule has 0 aromatic heterocycles. The molecule has 2 nitrogen and oxygen atoms in total. The first-order chi connectivity index (χ1) is 8.46. The molecule has 1 aromatic rings. The van der Waals surface area contributed by atoms with Crippen molar-refractivity contribution in [3.8, 4) is 0 Å². The van der Waals surface area contributed by atoms with Gasteiger partial charge in [-0.2, -0.15) is 0 Å². The molecule has 98 valence electrons. The van der Waals surface area contributed by atoms with Crippen LogP contribution in [0.5, 0.6) is 0 Å². The van der Waals surface area contributed by atoms with Crippen molar-refractivity contribution in [2.45, 2.75) is 51.9 Å². The largest absolute Gasteiger partial charge is 0.481 e. The summed E-state index contributed by atoms with van der Waals surface area (Å²) in [4.78, 5) is 10.6. The highest BCUT2D eigenvalue weighted by Crippen LogP contribution is 2.42. The van der Waals surface area contributed by atoms with Gasteiger partial charge in [0.05, 0.1) is 6.42 Å². The summed E-state index contributed by atoms with van der Waals surface area (Å²) in [5, 5.41) is 8.74. The zero-order chi connectivity index (χ0) is 13.2. The summed E-state index contributed by atoms with van der Waals surface area (Å²) < 4.78 is 0. The minimum absolute atomic E-state index is 0.123. The molecule has 1 saturated carbocycles. The average Bonchev–Trinajstić information content (AvgIpc) is 2.30. The smallest absolute Gasteiger partial charge is 0.307 e. The van der Waals surface area contributed by atoms with Crippen LogP contribution in [0, 0.1) is 5.41 Å². The molecule has 0 unspecified atom stereocenters. The van der Waals surface area contributed by atoms with E-state index >= 15 is 0 Å². The van der Waals surface area contributed by atoms with Gasteiger partial charge in [0.1, 0.15) is 0 Å². The van der Waals surface area contributed by atoms with Gasteiger partial charge in [-0.25, -0.2) is 0 Å². The number of hydrogen-bond donors (Lipinski definition) is 1. The van der Waals surface area contributed by atoms with E-state index in [-0.39, 0.29) is 6.42 Å². The van der Waals surface area contributed by atoms with Crippen molar-refractivity contribution in [3.63, 3.8) is 0 Å². The fourth-order valence-corrected chi connectivity index (χ4v) is 2.81. The van der Waals surface area contributed by atoms with E-state index < -0.39 is 5.97 Å². The molecule has 0 radical (unpaired) electrons. The van der Waals surface area contributed by atoms with Crippen molar-refractivity contribution in [1.29, 1.82) is 0 Å². The molecule has 0 saturated heterocycles. The Hall–Kier alpha value is -1.31. The number of hydrogen-bond acceptors (Lipinski definition) is 1. The molecule has 1 aliphatic carbocycles. The molecule has 0 heterocycles. The molecule has 0 amide bonds. The zero-order valence-corrected chi connectivity index (χ0v) is 11.3. The SMILES string of the molecule is CC1(C)CCC(c2ccc(CC(=O)O)cc2)CC1. The van der Waals surface area contributed by atoms with Gasteiger partial charge in [0.25, 0.3) is 0 Å². The first-order valence-electron chi connectivity index (χ1n) is 6.77. The second-order valence-corrected chi connectivity index (χ2v) is 6.25. The molecule has 1 N–H and O–H groups in total. The minimum Gasteiger partial charge on any atom is -0.481 e. The van der Waals surface area contributed by atoms with Crippen LogP contribution in [0.3, 0.4) is 0 Å². The molecular formula is C16H22O2. The standard InChI is InChI=1S/C16H22O2/c1-16(2)9-7-14(8-10-16)13-5-3-12(4-6-13)11-15(17)18/h3-6,14H,7-11H2,1-2H3,(H,17,18). The van der Waals surface area contributed by atoms with Crippen LogP contribution >= 0.6 is 0 Å². The van der Waals surface area contributed by atoms with Crippen LogP contribution in [0.4, 0.5) is 0 Å². The zero-order valence-electron chi connectivity index (χ0n) is 11.3. The molecule has 18 heavy (non-hydrogen) atoms. The lowest BCUT2D eigenvalue weighted by Gasteiger charge is -2.34. The van der Waals surface area contributed by atoms with E-state index in [9.17, 15) is 4.79 Å². The van der Waals surface area contributed by atoms with Crippen LogP contribution in [0.2, 0.25) is 0 Å². The normalized spacial score (nSPS) is 19.7. The monoisotopic (exact) mass is 246 g/mol.